The summed E-state index contributed by atoms with van der Waals surface area (Å²) in [4.78, 5) is 15.9. The molecule has 1 aromatic heterocycles. The Balaban J connectivity index is 2.69. The quantitative estimate of drug-likeness (QED) is 0.828. The monoisotopic (exact) mass is 258 g/mol. The summed E-state index contributed by atoms with van der Waals surface area (Å²) in [7, 11) is 0. The van der Waals surface area contributed by atoms with Gasteiger partial charge in [-0.15, -0.1) is 0 Å². The molecule has 0 spiro atoms. The van der Waals surface area contributed by atoms with E-state index in [1.807, 2.05) is 13.2 Å². The van der Waals surface area contributed by atoms with Crippen molar-refractivity contribution in [3.63, 3.8) is 0 Å². The first-order chi connectivity index (χ1) is 7.99. The lowest BCUT2D eigenvalue weighted by atomic mass is 10.2. The highest BCUT2D eigenvalue weighted by atomic mass is 32.2. The molecule has 5 nitrogen and oxygen atoms in total. The first-order valence-electron chi connectivity index (χ1n) is 5.38. The average molecular weight is 258 g/mol. The van der Waals surface area contributed by atoms with Gasteiger partial charge < -0.3 is 14.8 Å². The zero-order valence-electron chi connectivity index (χ0n) is 10.5. The molecule has 96 valence electrons. The molecule has 0 saturated carbocycles. The Morgan fingerprint density at radius 1 is 1.59 bits per heavy atom. The van der Waals surface area contributed by atoms with E-state index in [1.165, 1.54) is 11.8 Å². The minimum Gasteiger partial charge on any atom is -0.436 e. The van der Waals surface area contributed by atoms with Gasteiger partial charge in [0.1, 0.15) is 0 Å². The molecule has 17 heavy (non-hydrogen) atoms. The number of aryl methyl sites for hydroxylation is 2. The molecule has 0 fully saturated rings. The normalized spacial score (nSPS) is 14.4. The van der Waals surface area contributed by atoms with Gasteiger partial charge >= 0.3 is 0 Å². The summed E-state index contributed by atoms with van der Waals surface area (Å²) in [6, 6.07) is -0.132. The number of thioether (sulfide) groups is 1. The van der Waals surface area contributed by atoms with Gasteiger partial charge in [0.15, 0.2) is 5.89 Å². The number of aliphatic hydroxyl groups is 1. The van der Waals surface area contributed by atoms with Crippen molar-refractivity contribution >= 4 is 17.7 Å². The zero-order valence-corrected chi connectivity index (χ0v) is 11.3. The number of oxazole rings is 1. The first kappa shape index (κ1) is 14.1. The Morgan fingerprint density at radius 2 is 2.24 bits per heavy atom. The molecule has 2 atom stereocenters. The maximum absolute atomic E-state index is 11.9. The molecule has 0 unspecified atom stereocenters. The number of carbonyl (C=O) groups excluding carboxylic acids is 1. The van der Waals surface area contributed by atoms with Crippen molar-refractivity contribution < 1.29 is 14.3 Å². The van der Waals surface area contributed by atoms with E-state index in [2.05, 4.69) is 10.3 Å². The SMILES string of the molecule is CS[C@@H](CO)[C@H](C)NC(=O)c1oc(C)nc1C. The summed E-state index contributed by atoms with van der Waals surface area (Å²) in [5.41, 5.74) is 0.580. The van der Waals surface area contributed by atoms with Crippen LogP contribution in [0.1, 0.15) is 29.1 Å². The van der Waals surface area contributed by atoms with Crippen LogP contribution in [-0.4, -0.2) is 40.2 Å². The van der Waals surface area contributed by atoms with Gasteiger partial charge in [0.05, 0.1) is 12.3 Å². The largest absolute Gasteiger partial charge is 0.436 e. The maximum Gasteiger partial charge on any atom is 0.289 e. The molecular formula is C11H18N2O3S. The number of hydrogen-bond donors (Lipinski definition) is 2. The molecule has 0 aromatic carbocycles. The van der Waals surface area contributed by atoms with Gasteiger partial charge in [-0.2, -0.15) is 11.8 Å². The minimum atomic E-state index is -0.289. The molecule has 0 aliphatic heterocycles. The molecule has 2 N–H and O–H groups in total. The zero-order chi connectivity index (χ0) is 13.0. The van der Waals surface area contributed by atoms with E-state index >= 15 is 0 Å². The fraction of sp³-hybridized carbons (Fsp3) is 0.636. The highest BCUT2D eigenvalue weighted by Gasteiger charge is 2.21. The van der Waals surface area contributed by atoms with Crippen LogP contribution in [0.3, 0.4) is 0 Å². The van der Waals surface area contributed by atoms with Crippen molar-refractivity contribution in [2.45, 2.75) is 32.1 Å². The highest BCUT2D eigenvalue weighted by molar-refractivity contribution is 7.99. The molecule has 0 aliphatic rings. The number of amides is 1. The third-order valence-electron chi connectivity index (χ3n) is 2.51. The third kappa shape index (κ3) is 3.47. The maximum atomic E-state index is 11.9. The van der Waals surface area contributed by atoms with Crippen molar-refractivity contribution in [2.24, 2.45) is 0 Å². The van der Waals surface area contributed by atoms with Gasteiger partial charge in [0.2, 0.25) is 5.76 Å². The van der Waals surface area contributed by atoms with Crippen LogP contribution in [0.2, 0.25) is 0 Å². The molecule has 0 saturated heterocycles. The second-order valence-electron chi connectivity index (χ2n) is 3.87. The topological polar surface area (TPSA) is 75.4 Å². The Bertz CT molecular complexity index is 388. The van der Waals surface area contributed by atoms with Crippen LogP contribution < -0.4 is 5.32 Å². The predicted molar refractivity (Wildman–Crippen MR) is 67.3 cm³/mol. The number of carbonyl (C=O) groups is 1. The summed E-state index contributed by atoms with van der Waals surface area (Å²) in [5.74, 6) is 0.430. The highest BCUT2D eigenvalue weighted by Crippen LogP contribution is 2.13. The molecular weight excluding hydrogens is 240 g/mol. The standard InChI is InChI=1S/C11H18N2O3S/c1-6(9(5-14)17-4)13-11(15)10-7(2)12-8(3)16-10/h6,9,14H,5H2,1-4H3,(H,13,15)/t6-,9-/m0/s1. The van der Waals surface area contributed by atoms with Crippen LogP contribution in [0.25, 0.3) is 0 Å². The summed E-state index contributed by atoms with van der Waals surface area (Å²) >= 11 is 1.51. The summed E-state index contributed by atoms with van der Waals surface area (Å²) in [6.07, 6.45) is 1.90. The summed E-state index contributed by atoms with van der Waals surface area (Å²) in [6.45, 7) is 5.31. The van der Waals surface area contributed by atoms with Gasteiger partial charge in [-0.1, -0.05) is 0 Å². The molecule has 1 rings (SSSR count). The van der Waals surface area contributed by atoms with Gasteiger partial charge in [0.25, 0.3) is 5.91 Å². The van der Waals surface area contributed by atoms with E-state index in [0.29, 0.717) is 11.6 Å². The van der Waals surface area contributed by atoms with Gasteiger partial charge in [-0.05, 0) is 20.1 Å². The Labute approximate surface area is 105 Å². The van der Waals surface area contributed by atoms with Crippen LogP contribution in [-0.2, 0) is 0 Å². The van der Waals surface area contributed by atoms with Crippen molar-refractivity contribution in [2.75, 3.05) is 12.9 Å². The van der Waals surface area contributed by atoms with Gasteiger partial charge in [-0.3, -0.25) is 4.79 Å². The number of aromatic nitrogens is 1. The van der Waals surface area contributed by atoms with E-state index in [-0.39, 0.29) is 29.6 Å². The summed E-state index contributed by atoms with van der Waals surface area (Å²) < 4.78 is 5.23. The lowest BCUT2D eigenvalue weighted by Crippen LogP contribution is -2.41. The first-order valence-corrected chi connectivity index (χ1v) is 6.67. The van der Waals surface area contributed by atoms with Crippen molar-refractivity contribution in [1.29, 1.82) is 0 Å². The van der Waals surface area contributed by atoms with E-state index in [9.17, 15) is 4.79 Å². The number of hydrogen-bond acceptors (Lipinski definition) is 5. The van der Waals surface area contributed by atoms with Crippen LogP contribution in [0.15, 0.2) is 4.42 Å². The van der Waals surface area contributed by atoms with E-state index in [4.69, 9.17) is 9.52 Å². The van der Waals surface area contributed by atoms with Gasteiger partial charge in [-0.25, -0.2) is 4.98 Å². The number of aliphatic hydroxyl groups excluding tert-OH is 1. The fourth-order valence-corrected chi connectivity index (χ4v) is 2.17. The Hall–Kier alpha value is -1.01. The predicted octanol–water partition coefficient (Wildman–Crippen LogP) is 1.13. The Kier molecular flexibility index (Phi) is 5.02. The fourth-order valence-electron chi connectivity index (χ4n) is 1.54. The van der Waals surface area contributed by atoms with Gasteiger partial charge in [0, 0.05) is 18.2 Å². The average Bonchev–Trinajstić information content (AvgIpc) is 2.59. The Morgan fingerprint density at radius 3 is 2.65 bits per heavy atom. The van der Waals surface area contributed by atoms with Crippen molar-refractivity contribution in [1.82, 2.24) is 10.3 Å². The van der Waals surface area contributed by atoms with Crippen LogP contribution in [0.4, 0.5) is 0 Å². The lowest BCUT2D eigenvalue weighted by Gasteiger charge is -2.20. The molecule has 0 radical (unpaired) electrons. The number of nitrogens with one attached hydrogen (secondary N) is 1. The van der Waals surface area contributed by atoms with Crippen molar-refractivity contribution in [3.05, 3.63) is 17.3 Å². The van der Waals surface area contributed by atoms with E-state index < -0.39 is 0 Å². The lowest BCUT2D eigenvalue weighted by molar-refractivity contribution is 0.0905. The second-order valence-corrected chi connectivity index (χ2v) is 4.94. The van der Waals surface area contributed by atoms with Crippen LogP contribution >= 0.6 is 11.8 Å². The molecule has 1 amide bonds. The molecule has 0 bridgehead atoms. The van der Waals surface area contributed by atoms with Crippen molar-refractivity contribution in [3.8, 4) is 0 Å². The number of rotatable bonds is 5. The molecule has 1 aromatic rings. The summed E-state index contributed by atoms with van der Waals surface area (Å²) in [5, 5.41) is 11.9. The molecule has 6 heteroatoms. The van der Waals surface area contributed by atoms with E-state index in [1.54, 1.807) is 13.8 Å². The van der Waals surface area contributed by atoms with Crippen LogP contribution in [0.5, 0.6) is 0 Å². The third-order valence-corrected chi connectivity index (χ3v) is 3.67. The van der Waals surface area contributed by atoms with Crippen LogP contribution in [0, 0.1) is 13.8 Å². The minimum absolute atomic E-state index is 0.0247. The number of nitrogens with zero attached hydrogens (tertiary/aromatic N) is 1. The smallest absolute Gasteiger partial charge is 0.289 e. The molecule has 0 aliphatic carbocycles. The second kappa shape index (κ2) is 6.07. The van der Waals surface area contributed by atoms with E-state index in [0.717, 1.165) is 0 Å². The molecule has 1 heterocycles.